The third-order valence-electron chi connectivity index (χ3n) is 6.33. The lowest BCUT2D eigenvalue weighted by Crippen LogP contribution is -2.39. The summed E-state index contributed by atoms with van der Waals surface area (Å²) in [5.74, 6) is -1.98. The Kier molecular flexibility index (Phi) is 7.29. The predicted molar refractivity (Wildman–Crippen MR) is 130 cm³/mol. The molecule has 1 atom stereocenters. The third kappa shape index (κ3) is 5.51. The highest BCUT2D eigenvalue weighted by Crippen LogP contribution is 2.39. The second-order valence-corrected chi connectivity index (χ2v) is 9.76. The summed E-state index contributed by atoms with van der Waals surface area (Å²) in [4.78, 5) is 25.9. The van der Waals surface area contributed by atoms with Gasteiger partial charge in [-0.1, -0.05) is 35.3 Å². The van der Waals surface area contributed by atoms with Gasteiger partial charge in [-0.2, -0.15) is 31.6 Å². The van der Waals surface area contributed by atoms with Crippen LogP contribution in [0.2, 0.25) is 10.0 Å². The number of nitrogens with one attached hydrogen (secondary N) is 2. The number of hydrogen-bond donors (Lipinski definition) is 2. The van der Waals surface area contributed by atoms with Gasteiger partial charge in [-0.05, 0) is 49.6 Å². The average Bonchev–Trinajstić information content (AvgIpc) is 3.57. The maximum absolute atomic E-state index is 13.9. The molecule has 1 aromatic heterocycles. The van der Waals surface area contributed by atoms with Crippen LogP contribution in [0.1, 0.15) is 57.8 Å². The smallest absolute Gasteiger partial charge is 0.335 e. The van der Waals surface area contributed by atoms with Crippen molar-refractivity contribution in [1.82, 2.24) is 15.2 Å². The number of alkyl halides is 6. The van der Waals surface area contributed by atoms with Crippen molar-refractivity contribution in [3.8, 4) is 6.07 Å². The molecule has 2 amide bonds. The maximum Gasteiger partial charge on any atom is 0.416 e. The van der Waals surface area contributed by atoms with E-state index in [1.54, 1.807) is 12.2 Å². The highest BCUT2D eigenvalue weighted by atomic mass is 35.5. The Morgan fingerprint density at radius 3 is 2.31 bits per heavy atom. The number of amides is 2. The third-order valence-corrected chi connectivity index (χ3v) is 7.03. The second-order valence-electron chi connectivity index (χ2n) is 8.98. The van der Waals surface area contributed by atoms with E-state index < -0.39 is 52.6 Å². The number of halogens is 8. The van der Waals surface area contributed by atoms with Crippen LogP contribution in [-0.2, 0) is 12.7 Å². The monoisotopic (exact) mass is 590 g/mol. The summed E-state index contributed by atoms with van der Waals surface area (Å²) >= 11 is 12.7. The average molecular weight is 591 g/mol. The van der Waals surface area contributed by atoms with Crippen LogP contribution in [-0.4, -0.2) is 28.1 Å². The lowest BCUT2D eigenvalue weighted by molar-refractivity contribution is -0.156. The molecule has 1 heterocycles. The number of hydrogen-bond acceptors (Lipinski definition) is 3. The van der Waals surface area contributed by atoms with Gasteiger partial charge in [0.2, 0.25) is 0 Å². The van der Waals surface area contributed by atoms with E-state index >= 15 is 0 Å². The summed E-state index contributed by atoms with van der Waals surface area (Å²) < 4.78 is 82.5. The Balaban J connectivity index is 1.75. The van der Waals surface area contributed by atoms with Crippen LogP contribution < -0.4 is 10.6 Å². The number of fused-ring (bicyclic) bond motifs is 1. The minimum absolute atomic E-state index is 0.0473. The Bertz CT molecular complexity index is 1520. The summed E-state index contributed by atoms with van der Waals surface area (Å²) in [5, 5.41) is 13.3. The molecule has 0 aliphatic heterocycles. The molecule has 0 bridgehead atoms. The lowest BCUT2D eigenvalue weighted by atomic mass is 10.0. The molecule has 2 aromatic carbocycles. The van der Waals surface area contributed by atoms with Crippen LogP contribution in [0, 0.1) is 11.3 Å². The molecule has 14 heteroatoms. The number of nitrogens with zero attached hydrogens (tertiary/aromatic N) is 2. The number of aryl methyl sites for hydroxylation is 1. The molecule has 39 heavy (non-hydrogen) atoms. The summed E-state index contributed by atoms with van der Waals surface area (Å²) in [6.07, 6.45) is -9.13. The minimum atomic E-state index is -5.15. The first-order valence-corrected chi connectivity index (χ1v) is 12.2. The molecule has 1 saturated carbocycles. The largest absolute Gasteiger partial charge is 0.416 e. The van der Waals surface area contributed by atoms with Gasteiger partial charge >= 0.3 is 12.4 Å². The predicted octanol–water partition coefficient (Wildman–Crippen LogP) is 6.81. The fourth-order valence-electron chi connectivity index (χ4n) is 4.18. The SMILES string of the molecule is CCn1c(C(=O)NC(c2cccc(C(F)(F)F)c2)C(F)(F)F)c(Cl)c2cc(C(=O)NC3(C#N)CC3)c(Cl)cc21. The van der Waals surface area contributed by atoms with Crippen LogP contribution in [0.3, 0.4) is 0 Å². The molecule has 0 radical (unpaired) electrons. The topological polar surface area (TPSA) is 86.9 Å². The molecule has 1 fully saturated rings. The fourth-order valence-corrected chi connectivity index (χ4v) is 4.76. The molecule has 2 N–H and O–H groups in total. The van der Waals surface area contributed by atoms with Gasteiger partial charge in [-0.25, -0.2) is 0 Å². The molecule has 3 aromatic rings. The first-order chi connectivity index (χ1) is 18.1. The standard InChI is InChI=1S/C25H18Cl2F6N4O2/c1-2-37-17-10-16(26)14(21(38)36-23(11-34)6-7-23)9-15(17)18(27)19(37)22(39)35-20(25(31,32)33)12-4-3-5-13(8-12)24(28,29)30/h3-5,8-10,20H,2,6-7H2,1H3,(H,35,39)(H,36,38). The van der Waals surface area contributed by atoms with E-state index in [4.69, 9.17) is 23.2 Å². The summed E-state index contributed by atoms with van der Waals surface area (Å²) in [5.41, 5.74) is -3.37. The number of carbonyl (C=O) groups is 2. The van der Waals surface area contributed by atoms with E-state index in [0.29, 0.717) is 25.0 Å². The van der Waals surface area contributed by atoms with E-state index in [1.165, 1.54) is 16.7 Å². The molecule has 4 rings (SSSR count). The van der Waals surface area contributed by atoms with E-state index in [-0.39, 0.29) is 33.1 Å². The van der Waals surface area contributed by atoms with Crippen molar-refractivity contribution < 1.29 is 35.9 Å². The number of carbonyl (C=O) groups excluding carboxylic acids is 2. The molecular formula is C25H18Cl2F6N4O2. The van der Waals surface area contributed by atoms with Gasteiger partial charge in [-0.15, -0.1) is 0 Å². The summed E-state index contributed by atoms with van der Waals surface area (Å²) in [7, 11) is 0. The molecule has 1 aliphatic rings. The van der Waals surface area contributed by atoms with Gasteiger partial charge in [0.1, 0.15) is 11.2 Å². The Morgan fingerprint density at radius 2 is 1.77 bits per heavy atom. The molecule has 1 aliphatic carbocycles. The van der Waals surface area contributed by atoms with Crippen LogP contribution >= 0.6 is 23.2 Å². The molecular weight excluding hydrogens is 573 g/mol. The fraction of sp³-hybridized carbons (Fsp3) is 0.320. The first-order valence-electron chi connectivity index (χ1n) is 11.4. The van der Waals surface area contributed by atoms with Crippen molar-refractivity contribution in [3.05, 3.63) is 68.8 Å². The molecule has 0 saturated heterocycles. The maximum atomic E-state index is 13.9. The molecule has 0 spiro atoms. The van der Waals surface area contributed by atoms with E-state index in [2.05, 4.69) is 5.32 Å². The van der Waals surface area contributed by atoms with Crippen molar-refractivity contribution in [3.63, 3.8) is 0 Å². The van der Waals surface area contributed by atoms with Gasteiger partial charge in [0.15, 0.2) is 6.04 Å². The van der Waals surface area contributed by atoms with Gasteiger partial charge in [-0.3, -0.25) is 9.59 Å². The highest BCUT2D eigenvalue weighted by Gasteiger charge is 2.45. The zero-order valence-electron chi connectivity index (χ0n) is 19.9. The number of benzene rings is 2. The lowest BCUT2D eigenvalue weighted by Gasteiger charge is -2.23. The van der Waals surface area contributed by atoms with Gasteiger partial charge in [0.25, 0.3) is 11.8 Å². The van der Waals surface area contributed by atoms with E-state index in [9.17, 15) is 41.2 Å². The summed E-state index contributed by atoms with van der Waals surface area (Å²) in [6.45, 7) is 1.63. The molecule has 6 nitrogen and oxygen atoms in total. The van der Waals surface area contributed by atoms with Gasteiger partial charge in [0, 0.05) is 11.9 Å². The van der Waals surface area contributed by atoms with Crippen molar-refractivity contribution in [1.29, 1.82) is 5.26 Å². The summed E-state index contributed by atoms with van der Waals surface area (Å²) in [6, 6.07) is 4.36. The number of nitriles is 1. The number of rotatable bonds is 6. The van der Waals surface area contributed by atoms with Crippen molar-refractivity contribution in [2.75, 3.05) is 0 Å². The van der Waals surface area contributed by atoms with Crippen LogP contribution in [0.15, 0.2) is 36.4 Å². The molecule has 206 valence electrons. The zero-order chi connectivity index (χ0) is 28.9. The Labute approximate surface area is 227 Å². The second kappa shape index (κ2) is 9.95. The Hall–Kier alpha value is -3.43. The quantitative estimate of drug-likeness (QED) is 0.309. The van der Waals surface area contributed by atoms with E-state index in [1.807, 2.05) is 6.07 Å². The van der Waals surface area contributed by atoms with Crippen LogP contribution in [0.25, 0.3) is 10.9 Å². The highest BCUT2D eigenvalue weighted by molar-refractivity contribution is 6.40. The first kappa shape index (κ1) is 28.6. The van der Waals surface area contributed by atoms with Crippen molar-refractivity contribution in [2.24, 2.45) is 0 Å². The normalized spacial score (nSPS) is 15.5. The molecule has 1 unspecified atom stereocenters. The Morgan fingerprint density at radius 1 is 1.10 bits per heavy atom. The van der Waals surface area contributed by atoms with Gasteiger partial charge in [0.05, 0.1) is 32.8 Å². The van der Waals surface area contributed by atoms with E-state index in [0.717, 1.165) is 12.1 Å². The van der Waals surface area contributed by atoms with Gasteiger partial charge < -0.3 is 15.2 Å². The number of aromatic nitrogens is 1. The van der Waals surface area contributed by atoms with Crippen LogP contribution in [0.4, 0.5) is 26.3 Å². The minimum Gasteiger partial charge on any atom is -0.335 e. The van der Waals surface area contributed by atoms with Crippen molar-refractivity contribution in [2.45, 2.75) is 50.2 Å². The van der Waals surface area contributed by atoms with Crippen LogP contribution in [0.5, 0.6) is 0 Å². The van der Waals surface area contributed by atoms with Crippen molar-refractivity contribution >= 4 is 45.9 Å². The zero-order valence-corrected chi connectivity index (χ0v) is 21.4.